The monoisotopic (exact) mass is 432 g/mol. The van der Waals surface area contributed by atoms with Crippen LogP contribution in [0.4, 0.5) is 4.79 Å². The van der Waals surface area contributed by atoms with Crippen LogP contribution in [0.2, 0.25) is 0 Å². The molecule has 3 fully saturated rings. The van der Waals surface area contributed by atoms with Crippen molar-refractivity contribution < 1.29 is 14.4 Å². The van der Waals surface area contributed by atoms with Gasteiger partial charge in [0.05, 0.1) is 11.8 Å². The number of piperidine rings is 1. The number of nitrogens with zero attached hydrogens (tertiary/aromatic N) is 4. The molecule has 1 atom stereocenters. The minimum atomic E-state index is -0.503. The van der Waals surface area contributed by atoms with Gasteiger partial charge in [-0.2, -0.15) is 11.3 Å². The van der Waals surface area contributed by atoms with Crippen molar-refractivity contribution in [3.8, 4) is 0 Å². The van der Waals surface area contributed by atoms with E-state index in [1.165, 1.54) is 0 Å². The number of rotatable bonds is 3. The molecular weight excluding hydrogens is 400 g/mol. The fraction of sp³-hybridized carbons (Fsp3) is 0.682. The normalized spacial score (nSPS) is 25.6. The number of likely N-dealkylation sites (tertiary alicyclic amines) is 3. The maximum atomic E-state index is 13.5. The maximum absolute atomic E-state index is 13.5. The topological polar surface area (TPSA) is 64.2 Å². The zero-order valence-electron chi connectivity index (χ0n) is 18.2. The highest BCUT2D eigenvalue weighted by Crippen LogP contribution is 2.58. The minimum absolute atomic E-state index is 0.0232. The Bertz CT molecular complexity index is 816. The van der Waals surface area contributed by atoms with E-state index in [-0.39, 0.29) is 23.3 Å². The highest BCUT2D eigenvalue weighted by Gasteiger charge is 2.65. The van der Waals surface area contributed by atoms with Gasteiger partial charge in [-0.1, -0.05) is 0 Å². The number of fused-ring (bicyclic) bond motifs is 1. The second-order valence-electron chi connectivity index (χ2n) is 9.22. The quantitative estimate of drug-likeness (QED) is 0.735. The molecule has 3 aliphatic heterocycles. The third kappa shape index (κ3) is 3.29. The average Bonchev–Trinajstić information content (AvgIpc) is 3.43. The molecule has 1 aromatic heterocycles. The van der Waals surface area contributed by atoms with Crippen LogP contribution < -0.4 is 0 Å². The van der Waals surface area contributed by atoms with Crippen molar-refractivity contribution in [2.75, 3.05) is 53.4 Å². The molecule has 3 aliphatic rings. The Morgan fingerprint density at radius 1 is 1.10 bits per heavy atom. The Labute approximate surface area is 182 Å². The molecule has 2 spiro atoms. The van der Waals surface area contributed by atoms with Gasteiger partial charge < -0.3 is 19.6 Å². The Hall–Kier alpha value is -2.09. The first-order valence-corrected chi connectivity index (χ1v) is 11.8. The summed E-state index contributed by atoms with van der Waals surface area (Å²) in [4.78, 5) is 46.4. The van der Waals surface area contributed by atoms with Crippen molar-refractivity contribution in [1.29, 1.82) is 0 Å². The van der Waals surface area contributed by atoms with Crippen LogP contribution in [0.5, 0.6) is 0 Å². The molecule has 0 N–H and O–H groups in total. The number of hydrogen-bond donors (Lipinski definition) is 0. The first-order chi connectivity index (χ1) is 14.3. The summed E-state index contributed by atoms with van der Waals surface area (Å²) < 4.78 is 0. The van der Waals surface area contributed by atoms with E-state index in [0.717, 1.165) is 31.4 Å². The van der Waals surface area contributed by atoms with Gasteiger partial charge >= 0.3 is 6.03 Å². The molecule has 164 valence electrons. The molecule has 0 radical (unpaired) electrons. The van der Waals surface area contributed by atoms with E-state index < -0.39 is 5.41 Å². The van der Waals surface area contributed by atoms with E-state index in [4.69, 9.17) is 0 Å². The minimum Gasteiger partial charge on any atom is -0.342 e. The maximum Gasteiger partial charge on any atom is 0.319 e. The first kappa shape index (κ1) is 21.2. The number of carbonyl (C=O) groups excluding carboxylic acids is 3. The van der Waals surface area contributed by atoms with Crippen molar-refractivity contribution in [2.45, 2.75) is 32.6 Å². The predicted molar refractivity (Wildman–Crippen MR) is 116 cm³/mol. The summed E-state index contributed by atoms with van der Waals surface area (Å²) in [5, 5.41) is 4.02. The lowest BCUT2D eigenvalue weighted by atomic mass is 9.60. The predicted octanol–water partition coefficient (Wildman–Crippen LogP) is 2.14. The number of amides is 4. The molecular formula is C22H32N4O3S. The Morgan fingerprint density at radius 3 is 2.40 bits per heavy atom. The molecule has 7 nitrogen and oxygen atoms in total. The van der Waals surface area contributed by atoms with Crippen LogP contribution in [-0.2, 0) is 16.0 Å². The van der Waals surface area contributed by atoms with Crippen LogP contribution in [-0.4, -0.2) is 90.8 Å². The lowest BCUT2D eigenvalue weighted by molar-refractivity contribution is -0.143. The van der Waals surface area contributed by atoms with Crippen molar-refractivity contribution >= 4 is 29.2 Å². The van der Waals surface area contributed by atoms with E-state index in [0.29, 0.717) is 39.1 Å². The lowest BCUT2D eigenvalue weighted by Crippen LogP contribution is -2.53. The molecule has 0 bridgehead atoms. The molecule has 1 aromatic rings. The van der Waals surface area contributed by atoms with Crippen molar-refractivity contribution in [3.63, 3.8) is 0 Å². The SMILES string of the molecule is CCN1CCC2(CN(C(=O)N(C)C)CC23CCN(C(=O)Cc2ccsc2)CC3)C1=O. The zero-order chi connectivity index (χ0) is 21.5. The fourth-order valence-corrected chi connectivity index (χ4v) is 6.43. The van der Waals surface area contributed by atoms with Gasteiger partial charge in [-0.15, -0.1) is 0 Å². The van der Waals surface area contributed by atoms with Gasteiger partial charge in [-0.3, -0.25) is 9.59 Å². The van der Waals surface area contributed by atoms with Crippen LogP contribution >= 0.6 is 11.3 Å². The van der Waals surface area contributed by atoms with Crippen molar-refractivity contribution in [2.24, 2.45) is 10.8 Å². The first-order valence-electron chi connectivity index (χ1n) is 10.9. The van der Waals surface area contributed by atoms with Crippen LogP contribution in [0.3, 0.4) is 0 Å². The van der Waals surface area contributed by atoms with Gasteiger partial charge in [-0.05, 0) is 48.6 Å². The summed E-state index contributed by atoms with van der Waals surface area (Å²) in [6.45, 7) is 5.93. The Kier molecular flexibility index (Phi) is 5.55. The Morgan fingerprint density at radius 2 is 1.83 bits per heavy atom. The number of urea groups is 1. The third-order valence-electron chi connectivity index (χ3n) is 7.52. The second-order valence-corrected chi connectivity index (χ2v) is 10.00. The molecule has 0 aromatic carbocycles. The van der Waals surface area contributed by atoms with Gasteiger partial charge in [0.25, 0.3) is 0 Å². The summed E-state index contributed by atoms with van der Waals surface area (Å²) in [6, 6.07) is 1.98. The third-order valence-corrected chi connectivity index (χ3v) is 8.25. The number of thiophene rings is 1. The van der Waals surface area contributed by atoms with Gasteiger partial charge in [0.2, 0.25) is 11.8 Å². The van der Waals surface area contributed by atoms with Gasteiger partial charge in [-0.25, -0.2) is 4.79 Å². The second kappa shape index (κ2) is 7.87. The molecule has 4 amide bonds. The van der Waals surface area contributed by atoms with Crippen LogP contribution in [0.1, 0.15) is 31.7 Å². The molecule has 4 rings (SSSR count). The molecule has 4 heterocycles. The van der Waals surface area contributed by atoms with Crippen molar-refractivity contribution in [1.82, 2.24) is 19.6 Å². The summed E-state index contributed by atoms with van der Waals surface area (Å²) in [5.74, 6) is 0.363. The van der Waals surface area contributed by atoms with Crippen LogP contribution in [0, 0.1) is 10.8 Å². The van der Waals surface area contributed by atoms with E-state index in [1.54, 1.807) is 30.3 Å². The van der Waals surface area contributed by atoms with E-state index in [9.17, 15) is 14.4 Å². The van der Waals surface area contributed by atoms with Crippen LogP contribution in [0.15, 0.2) is 16.8 Å². The molecule has 1 unspecified atom stereocenters. The Balaban J connectivity index is 1.54. The van der Waals surface area contributed by atoms with Gasteiger partial charge in [0.15, 0.2) is 0 Å². The largest absolute Gasteiger partial charge is 0.342 e. The molecule has 3 saturated heterocycles. The lowest BCUT2D eigenvalue weighted by Gasteiger charge is -2.46. The summed E-state index contributed by atoms with van der Waals surface area (Å²) in [5.41, 5.74) is 0.325. The van der Waals surface area contributed by atoms with Crippen LogP contribution in [0.25, 0.3) is 0 Å². The number of carbonyl (C=O) groups is 3. The summed E-state index contributed by atoms with van der Waals surface area (Å²) in [6.07, 6.45) is 2.81. The van der Waals surface area contributed by atoms with E-state index in [1.807, 2.05) is 38.4 Å². The average molecular weight is 433 g/mol. The zero-order valence-corrected chi connectivity index (χ0v) is 19.0. The smallest absolute Gasteiger partial charge is 0.319 e. The molecule has 8 heteroatoms. The van der Waals surface area contributed by atoms with Gasteiger partial charge in [0, 0.05) is 58.8 Å². The summed E-state index contributed by atoms with van der Waals surface area (Å²) >= 11 is 1.61. The highest BCUT2D eigenvalue weighted by atomic mass is 32.1. The molecule has 0 aliphatic carbocycles. The van der Waals surface area contributed by atoms with Gasteiger partial charge in [0.1, 0.15) is 0 Å². The molecule has 30 heavy (non-hydrogen) atoms. The summed E-state index contributed by atoms with van der Waals surface area (Å²) in [7, 11) is 3.53. The fourth-order valence-electron chi connectivity index (χ4n) is 5.76. The van der Waals surface area contributed by atoms with E-state index in [2.05, 4.69) is 0 Å². The molecule has 0 saturated carbocycles. The highest BCUT2D eigenvalue weighted by molar-refractivity contribution is 7.08. The number of hydrogen-bond acceptors (Lipinski definition) is 4. The van der Waals surface area contributed by atoms with Crippen molar-refractivity contribution in [3.05, 3.63) is 22.4 Å². The standard InChI is InChI=1S/C22H32N4O3S/c1-4-24-11-8-22(19(24)28)16-26(20(29)23(2)3)15-21(22)6-9-25(10-7-21)18(27)13-17-5-12-30-14-17/h5,12,14H,4,6-11,13,15-16H2,1-3H3. The van der Waals surface area contributed by atoms with E-state index >= 15 is 0 Å².